The highest BCUT2D eigenvalue weighted by Crippen LogP contribution is 2.14. The van der Waals surface area contributed by atoms with Crippen molar-refractivity contribution in [1.82, 2.24) is 5.32 Å². The summed E-state index contributed by atoms with van der Waals surface area (Å²) in [4.78, 5) is 0. The smallest absolute Gasteiger partial charge is 0.0610 e. The van der Waals surface area contributed by atoms with Crippen LogP contribution in [0.2, 0.25) is 0 Å². The van der Waals surface area contributed by atoms with Crippen molar-refractivity contribution in [3.8, 4) is 0 Å². The van der Waals surface area contributed by atoms with Gasteiger partial charge in [-0.3, -0.25) is 0 Å². The second-order valence-corrected chi connectivity index (χ2v) is 4.46. The molecule has 0 aliphatic carbocycles. The van der Waals surface area contributed by atoms with Crippen molar-refractivity contribution in [1.29, 1.82) is 0 Å². The van der Waals surface area contributed by atoms with Crippen LogP contribution in [0, 0.1) is 0 Å². The van der Waals surface area contributed by atoms with E-state index in [4.69, 9.17) is 0 Å². The highest BCUT2D eigenvalue weighted by Gasteiger charge is 2.20. The molecule has 0 aromatic carbocycles. The van der Waals surface area contributed by atoms with Gasteiger partial charge in [0.15, 0.2) is 0 Å². The lowest BCUT2D eigenvalue weighted by Crippen LogP contribution is -2.46. The molecule has 0 amide bonds. The van der Waals surface area contributed by atoms with Crippen LogP contribution < -0.4 is 5.32 Å². The molecule has 0 heterocycles. The molecule has 0 fully saturated rings. The Morgan fingerprint density at radius 1 is 1.07 bits per heavy atom. The van der Waals surface area contributed by atoms with Crippen LogP contribution in [0.3, 0.4) is 0 Å². The number of aliphatic hydroxyl groups excluding tert-OH is 1. The van der Waals surface area contributed by atoms with E-state index < -0.39 is 0 Å². The van der Waals surface area contributed by atoms with Crippen LogP contribution >= 0.6 is 0 Å². The zero-order valence-electron chi connectivity index (χ0n) is 10.1. The summed E-state index contributed by atoms with van der Waals surface area (Å²) in [7, 11) is 0. The van der Waals surface area contributed by atoms with E-state index >= 15 is 0 Å². The van der Waals surface area contributed by atoms with Gasteiger partial charge in [0.1, 0.15) is 0 Å². The topological polar surface area (TPSA) is 32.3 Å². The van der Waals surface area contributed by atoms with Crippen molar-refractivity contribution < 1.29 is 5.11 Å². The lowest BCUT2D eigenvalue weighted by Gasteiger charge is -2.28. The molecule has 0 spiro atoms. The van der Waals surface area contributed by atoms with Crippen LogP contribution in [-0.4, -0.2) is 23.8 Å². The number of unbranched alkanes of at least 4 members (excludes halogenated alkanes) is 3. The zero-order valence-corrected chi connectivity index (χ0v) is 10.1. The van der Waals surface area contributed by atoms with Gasteiger partial charge in [-0.05, 0) is 26.3 Å². The number of aliphatic hydroxyl groups is 1. The Labute approximate surface area is 89.1 Å². The van der Waals surface area contributed by atoms with E-state index in [0.29, 0.717) is 0 Å². The minimum Gasteiger partial charge on any atom is -0.394 e. The Hall–Kier alpha value is -0.0800. The molecule has 2 heteroatoms. The van der Waals surface area contributed by atoms with Gasteiger partial charge in [-0.15, -0.1) is 0 Å². The third-order valence-electron chi connectivity index (χ3n) is 2.73. The number of hydrogen-bond acceptors (Lipinski definition) is 2. The van der Waals surface area contributed by atoms with Crippen LogP contribution in [-0.2, 0) is 0 Å². The molecule has 1 unspecified atom stereocenters. The molecule has 0 aliphatic heterocycles. The Kier molecular flexibility index (Phi) is 8.20. The van der Waals surface area contributed by atoms with Gasteiger partial charge in [-0.1, -0.05) is 39.5 Å². The van der Waals surface area contributed by atoms with Crippen molar-refractivity contribution in [2.24, 2.45) is 0 Å². The summed E-state index contributed by atoms with van der Waals surface area (Å²) in [5.74, 6) is 0. The Morgan fingerprint density at radius 3 is 2.29 bits per heavy atom. The highest BCUT2D eigenvalue weighted by molar-refractivity contribution is 4.81. The summed E-state index contributed by atoms with van der Waals surface area (Å²) in [5, 5.41) is 12.7. The molecule has 0 radical (unpaired) electrons. The van der Waals surface area contributed by atoms with E-state index in [0.717, 1.165) is 19.4 Å². The van der Waals surface area contributed by atoms with Gasteiger partial charge in [0.25, 0.3) is 0 Å². The molecule has 1 atom stereocenters. The molecule has 0 saturated carbocycles. The first-order valence-corrected chi connectivity index (χ1v) is 6.04. The first-order valence-electron chi connectivity index (χ1n) is 6.04. The van der Waals surface area contributed by atoms with E-state index in [-0.39, 0.29) is 12.1 Å². The lowest BCUT2D eigenvalue weighted by molar-refractivity contribution is 0.163. The minimum atomic E-state index is -0.0518. The van der Waals surface area contributed by atoms with E-state index in [1.165, 1.54) is 25.7 Å². The Balaban J connectivity index is 3.63. The fourth-order valence-electron chi connectivity index (χ4n) is 1.59. The number of hydrogen-bond donors (Lipinski definition) is 2. The molecular formula is C12H27NO. The Morgan fingerprint density at radius 2 is 1.79 bits per heavy atom. The van der Waals surface area contributed by atoms with Crippen LogP contribution in [0.4, 0.5) is 0 Å². The summed E-state index contributed by atoms with van der Waals surface area (Å²) < 4.78 is 0. The normalized spacial score (nSPS) is 15.4. The molecule has 2 N–H and O–H groups in total. The highest BCUT2D eigenvalue weighted by atomic mass is 16.3. The van der Waals surface area contributed by atoms with Crippen molar-refractivity contribution >= 4 is 0 Å². The summed E-state index contributed by atoms with van der Waals surface area (Å²) in [6.07, 6.45) is 7.32. The van der Waals surface area contributed by atoms with Gasteiger partial charge in [0.2, 0.25) is 0 Å². The molecule has 0 aliphatic rings. The largest absolute Gasteiger partial charge is 0.394 e. The average Bonchev–Trinajstić information content (AvgIpc) is 2.22. The zero-order chi connectivity index (χ0) is 10.9. The van der Waals surface area contributed by atoms with Gasteiger partial charge in [-0.25, -0.2) is 0 Å². The number of nitrogens with one attached hydrogen (secondary N) is 1. The molecule has 14 heavy (non-hydrogen) atoms. The standard InChI is InChI=1S/C12H27NO/c1-4-6-7-8-9-12(3,11-14)13-10-5-2/h13-14H,4-11H2,1-3H3. The molecule has 0 bridgehead atoms. The predicted octanol–water partition coefficient (Wildman–Crippen LogP) is 2.71. The summed E-state index contributed by atoms with van der Waals surface area (Å²) in [6, 6.07) is 0. The van der Waals surface area contributed by atoms with E-state index in [1.807, 2.05) is 0 Å². The molecule has 0 saturated heterocycles. The molecule has 0 rings (SSSR count). The molecule has 0 aromatic heterocycles. The third kappa shape index (κ3) is 6.39. The van der Waals surface area contributed by atoms with Crippen LogP contribution in [0.1, 0.15) is 59.3 Å². The monoisotopic (exact) mass is 201 g/mol. The van der Waals surface area contributed by atoms with Crippen molar-refractivity contribution in [3.63, 3.8) is 0 Å². The second-order valence-electron chi connectivity index (χ2n) is 4.46. The summed E-state index contributed by atoms with van der Waals surface area (Å²) >= 11 is 0. The first kappa shape index (κ1) is 13.9. The fourth-order valence-corrected chi connectivity index (χ4v) is 1.59. The van der Waals surface area contributed by atoms with Crippen LogP contribution in [0.5, 0.6) is 0 Å². The lowest BCUT2D eigenvalue weighted by atomic mass is 9.95. The summed E-state index contributed by atoms with van der Waals surface area (Å²) in [6.45, 7) is 7.75. The van der Waals surface area contributed by atoms with Gasteiger partial charge in [0, 0.05) is 5.54 Å². The first-order chi connectivity index (χ1) is 6.68. The maximum Gasteiger partial charge on any atom is 0.0610 e. The second kappa shape index (κ2) is 8.25. The Bertz CT molecular complexity index is 127. The average molecular weight is 201 g/mol. The maximum atomic E-state index is 9.31. The molecule has 2 nitrogen and oxygen atoms in total. The minimum absolute atomic E-state index is 0.0518. The van der Waals surface area contributed by atoms with Gasteiger partial charge < -0.3 is 10.4 Å². The van der Waals surface area contributed by atoms with Crippen LogP contribution in [0.15, 0.2) is 0 Å². The van der Waals surface area contributed by atoms with E-state index in [2.05, 4.69) is 26.1 Å². The quantitative estimate of drug-likeness (QED) is 0.562. The maximum absolute atomic E-state index is 9.31. The predicted molar refractivity (Wildman–Crippen MR) is 62.5 cm³/mol. The fraction of sp³-hybridized carbons (Fsp3) is 1.00. The summed E-state index contributed by atoms with van der Waals surface area (Å²) in [5.41, 5.74) is -0.0518. The molecule has 86 valence electrons. The van der Waals surface area contributed by atoms with Gasteiger partial charge in [0.05, 0.1) is 6.61 Å². The number of rotatable bonds is 9. The van der Waals surface area contributed by atoms with Crippen molar-refractivity contribution in [2.75, 3.05) is 13.2 Å². The van der Waals surface area contributed by atoms with E-state index in [1.54, 1.807) is 0 Å². The van der Waals surface area contributed by atoms with Gasteiger partial charge >= 0.3 is 0 Å². The van der Waals surface area contributed by atoms with Gasteiger partial charge in [-0.2, -0.15) is 0 Å². The van der Waals surface area contributed by atoms with Crippen molar-refractivity contribution in [2.45, 2.75) is 64.8 Å². The molecular weight excluding hydrogens is 174 g/mol. The molecule has 0 aromatic rings. The van der Waals surface area contributed by atoms with Crippen molar-refractivity contribution in [3.05, 3.63) is 0 Å². The third-order valence-corrected chi connectivity index (χ3v) is 2.73. The SMILES string of the molecule is CCCCCCC(C)(CO)NCCC. The van der Waals surface area contributed by atoms with Crippen LogP contribution in [0.25, 0.3) is 0 Å². The van der Waals surface area contributed by atoms with E-state index in [9.17, 15) is 5.11 Å².